The van der Waals surface area contributed by atoms with Crippen LogP contribution >= 0.6 is 0 Å². The molecule has 2 aliphatic heterocycles. The first-order valence-corrected chi connectivity index (χ1v) is 12.6. The van der Waals surface area contributed by atoms with Crippen LogP contribution in [0.1, 0.15) is 40.3 Å². The SMILES string of the molecule is Cc1ccc(-c2ccc(C(=O)N3C4CCC3CN(c3nc(C)cc(Nc5cc(C)[nH]n5)n3)C4)nn2)cc1. The fourth-order valence-corrected chi connectivity index (χ4v) is 5.23. The molecular weight excluding hydrogens is 466 g/mol. The Bertz CT molecular complexity index is 1420. The fraction of sp³-hybridized carbons (Fsp3) is 0.333. The minimum atomic E-state index is -0.0588. The van der Waals surface area contributed by atoms with Crippen molar-refractivity contribution in [2.45, 2.75) is 45.7 Å². The summed E-state index contributed by atoms with van der Waals surface area (Å²) in [7, 11) is 0. The van der Waals surface area contributed by atoms with Gasteiger partial charge in [-0.15, -0.1) is 10.2 Å². The first-order valence-electron chi connectivity index (χ1n) is 12.6. The zero-order valence-corrected chi connectivity index (χ0v) is 21.1. The molecule has 2 N–H and O–H groups in total. The second kappa shape index (κ2) is 9.27. The molecule has 1 aromatic carbocycles. The molecule has 37 heavy (non-hydrogen) atoms. The maximum Gasteiger partial charge on any atom is 0.274 e. The maximum atomic E-state index is 13.5. The lowest BCUT2D eigenvalue weighted by molar-refractivity contribution is 0.0633. The van der Waals surface area contributed by atoms with E-state index in [1.54, 1.807) is 6.07 Å². The number of nitrogens with zero attached hydrogens (tertiary/aromatic N) is 7. The normalized spacial score (nSPS) is 18.8. The highest BCUT2D eigenvalue weighted by molar-refractivity contribution is 5.93. The van der Waals surface area contributed by atoms with Crippen molar-refractivity contribution in [3.63, 3.8) is 0 Å². The molecule has 2 aliphatic rings. The van der Waals surface area contributed by atoms with Gasteiger partial charge in [0.1, 0.15) is 5.82 Å². The van der Waals surface area contributed by atoms with Gasteiger partial charge in [-0.05, 0) is 45.7 Å². The molecule has 2 unspecified atom stereocenters. The van der Waals surface area contributed by atoms with Gasteiger partial charge in [-0.25, -0.2) is 4.98 Å². The van der Waals surface area contributed by atoms with Crippen molar-refractivity contribution in [1.29, 1.82) is 0 Å². The van der Waals surface area contributed by atoms with Gasteiger partial charge in [-0.1, -0.05) is 29.8 Å². The van der Waals surface area contributed by atoms with E-state index in [1.165, 1.54) is 5.56 Å². The Balaban J connectivity index is 1.17. The van der Waals surface area contributed by atoms with Crippen molar-refractivity contribution >= 4 is 23.5 Å². The number of carbonyl (C=O) groups excluding carboxylic acids is 1. The van der Waals surface area contributed by atoms with Gasteiger partial charge in [0.05, 0.1) is 17.8 Å². The van der Waals surface area contributed by atoms with E-state index < -0.39 is 0 Å². The van der Waals surface area contributed by atoms with Crippen molar-refractivity contribution in [3.8, 4) is 11.3 Å². The Hall–Kier alpha value is -4.34. The molecule has 10 heteroatoms. The summed E-state index contributed by atoms with van der Waals surface area (Å²) in [6.07, 6.45) is 1.90. The minimum Gasteiger partial charge on any atom is -0.337 e. The summed E-state index contributed by atoms with van der Waals surface area (Å²) in [6, 6.07) is 15.8. The Labute approximate surface area is 215 Å². The van der Waals surface area contributed by atoms with Gasteiger partial charge in [-0.3, -0.25) is 9.89 Å². The number of nitrogens with one attached hydrogen (secondary N) is 2. The third-order valence-electron chi connectivity index (χ3n) is 7.03. The number of aromatic amines is 1. The molecule has 10 nitrogen and oxygen atoms in total. The lowest BCUT2D eigenvalue weighted by atomic mass is 10.1. The summed E-state index contributed by atoms with van der Waals surface area (Å²) in [5.74, 6) is 2.02. The quantitative estimate of drug-likeness (QED) is 0.429. The van der Waals surface area contributed by atoms with E-state index in [9.17, 15) is 4.79 Å². The molecular formula is C27H29N9O. The number of benzene rings is 1. The molecule has 0 radical (unpaired) electrons. The second-order valence-electron chi connectivity index (χ2n) is 9.93. The average Bonchev–Trinajstić information content (AvgIpc) is 3.42. The number of aryl methyl sites for hydroxylation is 3. The van der Waals surface area contributed by atoms with Crippen LogP contribution in [0.2, 0.25) is 0 Å². The highest BCUT2D eigenvalue weighted by Gasteiger charge is 2.44. The maximum absolute atomic E-state index is 13.5. The summed E-state index contributed by atoms with van der Waals surface area (Å²) < 4.78 is 0. The lowest BCUT2D eigenvalue weighted by Crippen LogP contribution is -2.56. The van der Waals surface area contributed by atoms with Crippen LogP contribution in [-0.4, -0.2) is 66.3 Å². The molecule has 6 rings (SSSR count). The summed E-state index contributed by atoms with van der Waals surface area (Å²) in [5.41, 5.74) is 5.16. The van der Waals surface area contributed by atoms with Gasteiger partial charge in [-0.2, -0.15) is 10.1 Å². The average molecular weight is 496 g/mol. The van der Waals surface area contributed by atoms with Crippen LogP contribution < -0.4 is 10.2 Å². The van der Waals surface area contributed by atoms with Crippen LogP contribution in [0.15, 0.2) is 48.5 Å². The molecule has 1 amide bonds. The molecule has 2 fully saturated rings. The number of rotatable bonds is 5. The van der Waals surface area contributed by atoms with Crippen molar-refractivity contribution in [2.75, 3.05) is 23.3 Å². The van der Waals surface area contributed by atoms with Gasteiger partial charge >= 0.3 is 0 Å². The zero-order valence-electron chi connectivity index (χ0n) is 21.1. The lowest BCUT2D eigenvalue weighted by Gasteiger charge is -2.41. The van der Waals surface area contributed by atoms with E-state index in [-0.39, 0.29) is 18.0 Å². The predicted octanol–water partition coefficient (Wildman–Crippen LogP) is 3.82. The Kier molecular flexibility index (Phi) is 5.78. The molecule has 188 valence electrons. The number of anilines is 3. The zero-order chi connectivity index (χ0) is 25.5. The minimum absolute atomic E-state index is 0.0588. The first kappa shape index (κ1) is 23.1. The van der Waals surface area contributed by atoms with E-state index in [1.807, 2.05) is 68.1 Å². The fourth-order valence-electron chi connectivity index (χ4n) is 5.23. The summed E-state index contributed by atoms with van der Waals surface area (Å²) in [5, 5.41) is 19.1. The summed E-state index contributed by atoms with van der Waals surface area (Å²) in [6.45, 7) is 7.33. The van der Waals surface area contributed by atoms with Gasteiger partial charge in [0.15, 0.2) is 11.5 Å². The molecule has 4 aromatic rings. The molecule has 3 aromatic heterocycles. The predicted molar refractivity (Wildman–Crippen MR) is 141 cm³/mol. The van der Waals surface area contributed by atoms with Crippen LogP contribution in [0.25, 0.3) is 11.3 Å². The Morgan fingerprint density at radius 2 is 1.68 bits per heavy atom. The van der Waals surface area contributed by atoms with Crippen molar-refractivity contribution < 1.29 is 4.79 Å². The molecule has 0 saturated carbocycles. The number of hydrogen-bond acceptors (Lipinski definition) is 8. The van der Waals surface area contributed by atoms with Crippen molar-refractivity contribution in [3.05, 3.63) is 71.2 Å². The van der Waals surface area contributed by atoms with E-state index in [2.05, 4.69) is 30.6 Å². The third-order valence-corrected chi connectivity index (χ3v) is 7.03. The van der Waals surface area contributed by atoms with E-state index >= 15 is 0 Å². The van der Waals surface area contributed by atoms with Crippen LogP contribution in [0.3, 0.4) is 0 Å². The number of H-pyrrole nitrogens is 1. The number of carbonyl (C=O) groups is 1. The Morgan fingerprint density at radius 1 is 0.919 bits per heavy atom. The second-order valence-corrected chi connectivity index (χ2v) is 9.93. The number of amides is 1. The van der Waals surface area contributed by atoms with E-state index in [0.717, 1.165) is 35.5 Å². The highest BCUT2D eigenvalue weighted by Crippen LogP contribution is 2.33. The summed E-state index contributed by atoms with van der Waals surface area (Å²) in [4.78, 5) is 27.1. The van der Waals surface area contributed by atoms with E-state index in [4.69, 9.17) is 9.97 Å². The van der Waals surface area contributed by atoms with Crippen LogP contribution in [0, 0.1) is 20.8 Å². The molecule has 5 heterocycles. The standard InChI is InChI=1S/C27H29N9O/c1-16-4-6-19(7-5-16)22-10-11-23(33-32-22)26(37)36-20-8-9-21(36)15-35(14-20)27-28-17(2)12-24(30-27)29-25-13-18(3)31-34-25/h4-7,10-13,20-21H,8-9,14-15H2,1-3H3,(H2,28,29,30,31,34). The van der Waals surface area contributed by atoms with Gasteiger partial charge in [0, 0.05) is 42.2 Å². The van der Waals surface area contributed by atoms with Crippen LogP contribution in [0.5, 0.6) is 0 Å². The molecule has 2 bridgehead atoms. The topological polar surface area (TPSA) is 116 Å². The smallest absolute Gasteiger partial charge is 0.274 e. The molecule has 2 atom stereocenters. The van der Waals surface area contributed by atoms with E-state index in [0.29, 0.717) is 36.4 Å². The molecule has 2 saturated heterocycles. The Morgan fingerprint density at radius 3 is 2.32 bits per heavy atom. The molecule has 0 spiro atoms. The van der Waals surface area contributed by atoms with Crippen molar-refractivity contribution in [1.82, 2.24) is 35.3 Å². The van der Waals surface area contributed by atoms with Crippen LogP contribution in [0.4, 0.5) is 17.6 Å². The highest BCUT2D eigenvalue weighted by atomic mass is 16.2. The van der Waals surface area contributed by atoms with Gasteiger partial charge < -0.3 is 15.1 Å². The van der Waals surface area contributed by atoms with Gasteiger partial charge in [0.2, 0.25) is 5.95 Å². The summed E-state index contributed by atoms with van der Waals surface area (Å²) >= 11 is 0. The molecule has 0 aliphatic carbocycles. The largest absolute Gasteiger partial charge is 0.337 e. The third kappa shape index (κ3) is 4.62. The van der Waals surface area contributed by atoms with Crippen molar-refractivity contribution in [2.24, 2.45) is 0 Å². The number of piperazine rings is 1. The number of hydrogen-bond donors (Lipinski definition) is 2. The van der Waals surface area contributed by atoms with Gasteiger partial charge in [0.25, 0.3) is 5.91 Å². The number of aromatic nitrogens is 6. The number of fused-ring (bicyclic) bond motifs is 2. The van der Waals surface area contributed by atoms with Crippen LogP contribution in [-0.2, 0) is 0 Å². The first-order chi connectivity index (χ1) is 17.9. The monoisotopic (exact) mass is 495 g/mol.